The predicted molar refractivity (Wildman–Crippen MR) is 126 cm³/mol. The minimum absolute atomic E-state index is 0.0538. The summed E-state index contributed by atoms with van der Waals surface area (Å²) in [6, 6.07) is 10.5. The second kappa shape index (κ2) is 10.1. The maximum Gasteiger partial charge on any atom is 0.241 e. The number of halogens is 1. The molecule has 1 aromatic heterocycles. The Morgan fingerprint density at radius 1 is 0.882 bits per heavy atom. The van der Waals surface area contributed by atoms with Gasteiger partial charge in [0.15, 0.2) is 0 Å². The number of benzene rings is 1. The summed E-state index contributed by atoms with van der Waals surface area (Å²) in [6.45, 7) is 3.64. The molecule has 3 fully saturated rings. The number of piperazine rings is 1. The van der Waals surface area contributed by atoms with Crippen molar-refractivity contribution in [3.63, 3.8) is 0 Å². The molecule has 2 atom stereocenters. The first-order valence-electron chi connectivity index (χ1n) is 12.1. The lowest BCUT2D eigenvalue weighted by Gasteiger charge is -2.39. The Balaban J connectivity index is 1.09. The lowest BCUT2D eigenvalue weighted by Crippen LogP contribution is -2.53. The van der Waals surface area contributed by atoms with Crippen LogP contribution in [-0.4, -0.2) is 71.9 Å². The van der Waals surface area contributed by atoms with Gasteiger partial charge >= 0.3 is 0 Å². The Labute approximate surface area is 199 Å². The largest absolute Gasteiger partial charge is 0.366 e. The van der Waals surface area contributed by atoms with E-state index in [1.807, 2.05) is 39.1 Å². The van der Waals surface area contributed by atoms with Gasteiger partial charge in [-0.3, -0.25) is 14.6 Å². The number of aromatic nitrogens is 1. The molecule has 2 N–H and O–H groups in total. The number of rotatable bonds is 4. The maximum absolute atomic E-state index is 14.1. The van der Waals surface area contributed by atoms with Crippen molar-refractivity contribution in [3.8, 4) is 0 Å². The number of likely N-dealkylation sites (tertiary alicyclic amines) is 1. The third kappa shape index (κ3) is 4.76. The van der Waals surface area contributed by atoms with E-state index in [0.29, 0.717) is 64.2 Å². The Bertz CT molecular complexity index is 1010. The zero-order chi connectivity index (χ0) is 23.5. The van der Waals surface area contributed by atoms with E-state index < -0.39 is 0 Å². The quantitative estimate of drug-likeness (QED) is 0.714. The van der Waals surface area contributed by atoms with Crippen LogP contribution in [0.5, 0.6) is 0 Å². The van der Waals surface area contributed by atoms with Crippen molar-refractivity contribution in [2.45, 2.75) is 31.3 Å². The molecular formula is C25H31FN6O2. The molecule has 0 spiro atoms. The van der Waals surface area contributed by atoms with Gasteiger partial charge in [-0.25, -0.2) is 15.2 Å². The van der Waals surface area contributed by atoms with Gasteiger partial charge in [-0.2, -0.15) is 0 Å². The van der Waals surface area contributed by atoms with Crippen molar-refractivity contribution in [2.24, 2.45) is 5.92 Å². The van der Waals surface area contributed by atoms with Gasteiger partial charge in [0.2, 0.25) is 11.8 Å². The lowest BCUT2D eigenvalue weighted by molar-refractivity contribution is -0.141. The average molecular weight is 467 g/mol. The van der Waals surface area contributed by atoms with E-state index in [1.165, 1.54) is 6.07 Å². The molecule has 0 saturated carbocycles. The molecule has 0 bridgehead atoms. The molecule has 9 heteroatoms. The summed E-state index contributed by atoms with van der Waals surface area (Å²) < 4.78 is 14.1. The first-order valence-corrected chi connectivity index (χ1v) is 12.1. The zero-order valence-corrected chi connectivity index (χ0v) is 19.2. The van der Waals surface area contributed by atoms with Crippen LogP contribution in [-0.2, 0) is 9.59 Å². The minimum Gasteiger partial charge on any atom is -0.366 e. The molecule has 180 valence electrons. The van der Waals surface area contributed by atoms with Gasteiger partial charge in [-0.15, -0.1) is 0 Å². The zero-order valence-electron chi connectivity index (χ0n) is 19.2. The second-order valence-electron chi connectivity index (χ2n) is 9.28. The van der Waals surface area contributed by atoms with E-state index in [-0.39, 0.29) is 35.6 Å². The number of para-hydroxylation sites is 1. The summed E-state index contributed by atoms with van der Waals surface area (Å²) in [5, 5.41) is 0. The van der Waals surface area contributed by atoms with Gasteiger partial charge in [0.25, 0.3) is 0 Å². The second-order valence-corrected chi connectivity index (χ2v) is 9.28. The first-order chi connectivity index (χ1) is 16.6. The van der Waals surface area contributed by atoms with Gasteiger partial charge < -0.3 is 14.7 Å². The number of hydrogen-bond donors (Lipinski definition) is 2. The van der Waals surface area contributed by atoms with E-state index in [4.69, 9.17) is 0 Å². The summed E-state index contributed by atoms with van der Waals surface area (Å²) in [5.41, 5.74) is 8.00. The van der Waals surface area contributed by atoms with Crippen LogP contribution in [0.2, 0.25) is 0 Å². The molecule has 2 aromatic rings. The number of carbonyl (C=O) groups excluding carboxylic acids is 2. The molecule has 3 aliphatic rings. The maximum atomic E-state index is 14.1. The Kier molecular flexibility index (Phi) is 6.73. The molecule has 8 nitrogen and oxygen atoms in total. The van der Waals surface area contributed by atoms with Crippen molar-refractivity contribution >= 4 is 17.5 Å². The van der Waals surface area contributed by atoms with Gasteiger partial charge in [-0.1, -0.05) is 18.2 Å². The van der Waals surface area contributed by atoms with Crippen LogP contribution in [0.3, 0.4) is 0 Å². The van der Waals surface area contributed by atoms with E-state index in [9.17, 15) is 14.0 Å². The normalized spacial score (nSPS) is 23.9. The Morgan fingerprint density at radius 3 is 2.32 bits per heavy atom. The highest BCUT2D eigenvalue weighted by Crippen LogP contribution is 2.26. The number of hydrogen-bond acceptors (Lipinski definition) is 6. The smallest absolute Gasteiger partial charge is 0.241 e. The lowest BCUT2D eigenvalue weighted by atomic mass is 9.94. The minimum atomic E-state index is -0.274. The molecule has 3 aliphatic heterocycles. The van der Waals surface area contributed by atoms with E-state index in [0.717, 1.165) is 5.56 Å². The Hall–Kier alpha value is -3.04. The fourth-order valence-corrected chi connectivity index (χ4v) is 5.22. The number of anilines is 1. The van der Waals surface area contributed by atoms with Crippen LogP contribution in [0, 0.1) is 11.7 Å². The number of pyridine rings is 1. The van der Waals surface area contributed by atoms with Gasteiger partial charge in [0.05, 0.1) is 5.69 Å². The average Bonchev–Trinajstić information content (AvgIpc) is 3.39. The predicted octanol–water partition coefficient (Wildman–Crippen LogP) is 1.72. The fraction of sp³-hybridized carbons (Fsp3) is 0.480. The SMILES string of the molecule is O=C(C1CCN(C(=O)C2CC(c3cccnc3)NN2)CC1)N1CCN(c2ccccc2F)CC1. The van der Waals surface area contributed by atoms with Gasteiger partial charge in [0, 0.05) is 63.6 Å². The number of hydrazine groups is 1. The Morgan fingerprint density at radius 2 is 1.62 bits per heavy atom. The van der Waals surface area contributed by atoms with Crippen LogP contribution in [0.25, 0.3) is 0 Å². The highest BCUT2D eigenvalue weighted by molar-refractivity contribution is 5.83. The highest BCUT2D eigenvalue weighted by Gasteiger charge is 2.36. The fourth-order valence-electron chi connectivity index (χ4n) is 5.22. The topological polar surface area (TPSA) is 80.8 Å². The standard InChI is InChI=1S/C25H31FN6O2/c26-20-5-1-2-6-23(20)30-12-14-32(15-13-30)24(33)18-7-10-31(11-8-18)25(34)22-16-21(28-29-22)19-4-3-9-27-17-19/h1-6,9,17-18,21-22,28-29H,7-8,10-16H2. The van der Waals surface area contributed by atoms with Crippen LogP contribution >= 0.6 is 0 Å². The number of carbonyl (C=O) groups is 2. The van der Waals surface area contributed by atoms with Crippen LogP contribution in [0.15, 0.2) is 48.8 Å². The van der Waals surface area contributed by atoms with Crippen molar-refractivity contribution in [1.82, 2.24) is 25.6 Å². The summed E-state index contributed by atoms with van der Waals surface area (Å²) in [7, 11) is 0. The molecule has 4 heterocycles. The molecule has 34 heavy (non-hydrogen) atoms. The monoisotopic (exact) mass is 466 g/mol. The van der Waals surface area contributed by atoms with Crippen molar-refractivity contribution < 1.29 is 14.0 Å². The third-order valence-electron chi connectivity index (χ3n) is 7.23. The molecule has 0 radical (unpaired) electrons. The van der Waals surface area contributed by atoms with Gasteiger partial charge in [0.1, 0.15) is 11.9 Å². The molecular weight excluding hydrogens is 435 g/mol. The van der Waals surface area contributed by atoms with Crippen molar-refractivity contribution in [2.75, 3.05) is 44.2 Å². The van der Waals surface area contributed by atoms with Crippen LogP contribution < -0.4 is 15.8 Å². The number of nitrogens with one attached hydrogen (secondary N) is 2. The third-order valence-corrected chi connectivity index (χ3v) is 7.23. The molecule has 3 saturated heterocycles. The van der Waals surface area contributed by atoms with Crippen molar-refractivity contribution in [1.29, 1.82) is 0 Å². The van der Waals surface area contributed by atoms with E-state index in [1.54, 1.807) is 18.3 Å². The number of piperidine rings is 1. The molecule has 0 aliphatic carbocycles. The van der Waals surface area contributed by atoms with Crippen LogP contribution in [0.1, 0.15) is 30.9 Å². The summed E-state index contributed by atoms with van der Waals surface area (Å²) in [6.07, 6.45) is 5.60. The highest BCUT2D eigenvalue weighted by atomic mass is 19.1. The number of nitrogens with zero attached hydrogens (tertiary/aromatic N) is 4. The van der Waals surface area contributed by atoms with E-state index >= 15 is 0 Å². The van der Waals surface area contributed by atoms with Crippen molar-refractivity contribution in [3.05, 3.63) is 60.2 Å². The first kappa shape index (κ1) is 22.7. The molecule has 1 aromatic carbocycles. The van der Waals surface area contributed by atoms with Gasteiger partial charge in [-0.05, 0) is 43.0 Å². The molecule has 5 rings (SSSR count). The summed E-state index contributed by atoms with van der Waals surface area (Å²) in [4.78, 5) is 36.1. The summed E-state index contributed by atoms with van der Waals surface area (Å²) in [5.74, 6) is -0.0271. The molecule has 2 unspecified atom stereocenters. The molecule has 2 amide bonds. The summed E-state index contributed by atoms with van der Waals surface area (Å²) >= 11 is 0. The van der Waals surface area contributed by atoms with Crippen LogP contribution in [0.4, 0.5) is 10.1 Å². The van der Waals surface area contributed by atoms with E-state index in [2.05, 4.69) is 15.8 Å². The number of amides is 2.